The molecule has 0 aliphatic carbocycles. The Kier molecular flexibility index (Phi) is 4.32. The van der Waals surface area contributed by atoms with Crippen molar-refractivity contribution in [1.82, 2.24) is 5.32 Å². The molecule has 1 aromatic rings. The van der Waals surface area contributed by atoms with Gasteiger partial charge in [0.2, 0.25) is 0 Å². The lowest BCUT2D eigenvalue weighted by Crippen LogP contribution is -2.38. The van der Waals surface area contributed by atoms with Crippen LogP contribution in [0.15, 0.2) is 24.3 Å². The van der Waals surface area contributed by atoms with Crippen molar-refractivity contribution in [3.63, 3.8) is 0 Å². The first-order valence-electron chi connectivity index (χ1n) is 6.86. The molecule has 1 heterocycles. The average Bonchev–Trinajstić information content (AvgIpc) is 2.79. The lowest BCUT2D eigenvalue weighted by Gasteiger charge is -2.21. The Morgan fingerprint density at radius 1 is 0.952 bits per heavy atom. The van der Waals surface area contributed by atoms with E-state index in [9.17, 15) is 18.8 Å². The molecular weight excluding hydrogens is 273 g/mol. The Hall–Kier alpha value is -1.88. The Labute approximate surface area is 122 Å². The van der Waals surface area contributed by atoms with Gasteiger partial charge in [0.05, 0.1) is 12.0 Å². The zero-order valence-corrected chi connectivity index (χ0v) is 12.2. The Morgan fingerprint density at radius 3 is 2.00 bits per heavy atom. The minimum absolute atomic E-state index is 0.222. The van der Waals surface area contributed by atoms with E-state index in [1.54, 1.807) is 18.2 Å². The molecule has 0 bridgehead atoms. The van der Waals surface area contributed by atoms with Gasteiger partial charge in [0.25, 0.3) is 0 Å². The van der Waals surface area contributed by atoms with Crippen LogP contribution in [-0.2, 0) is 14.4 Å². The van der Waals surface area contributed by atoms with Crippen molar-refractivity contribution in [3.05, 3.63) is 35.6 Å². The number of ketones is 3. The van der Waals surface area contributed by atoms with Crippen LogP contribution in [0.4, 0.5) is 4.39 Å². The molecule has 0 amide bonds. The third-order valence-corrected chi connectivity index (χ3v) is 4.08. The molecule has 1 aromatic carbocycles. The normalized spacial score (nSPS) is 28.4. The number of hydrogen-bond acceptors (Lipinski definition) is 4. The fraction of sp³-hybridized carbons (Fsp3) is 0.438. The standard InChI is InChI=1S/C16H18FNO3/c1-8(19)13-14(9(2)20)16(18-15(13)10(3)21)11-6-4-5-7-12(11)17/h4-7,13-16,18H,1-3H3. The zero-order chi connectivity index (χ0) is 15.7. The predicted octanol–water partition coefficient (Wildman–Crippen LogP) is 1.84. The van der Waals surface area contributed by atoms with Crippen LogP contribution in [0, 0.1) is 17.7 Å². The van der Waals surface area contributed by atoms with E-state index in [1.807, 2.05) is 0 Å². The van der Waals surface area contributed by atoms with Gasteiger partial charge in [-0.05, 0) is 26.8 Å². The molecule has 4 atom stereocenters. The van der Waals surface area contributed by atoms with Gasteiger partial charge in [-0.1, -0.05) is 18.2 Å². The van der Waals surface area contributed by atoms with Crippen molar-refractivity contribution in [2.24, 2.45) is 11.8 Å². The van der Waals surface area contributed by atoms with Crippen molar-refractivity contribution >= 4 is 17.3 Å². The van der Waals surface area contributed by atoms with Gasteiger partial charge in [-0.15, -0.1) is 0 Å². The Morgan fingerprint density at radius 2 is 1.52 bits per heavy atom. The highest BCUT2D eigenvalue weighted by atomic mass is 19.1. The van der Waals surface area contributed by atoms with Crippen molar-refractivity contribution in [3.8, 4) is 0 Å². The largest absolute Gasteiger partial charge is 0.300 e. The highest BCUT2D eigenvalue weighted by Crippen LogP contribution is 2.39. The highest BCUT2D eigenvalue weighted by molar-refractivity contribution is 5.95. The SMILES string of the molecule is CC(=O)C1NC(c2ccccc2F)C(C(C)=O)C1C(C)=O. The van der Waals surface area contributed by atoms with E-state index in [4.69, 9.17) is 0 Å². The van der Waals surface area contributed by atoms with Crippen LogP contribution in [0.2, 0.25) is 0 Å². The van der Waals surface area contributed by atoms with E-state index < -0.39 is 29.7 Å². The molecule has 1 aliphatic heterocycles. The van der Waals surface area contributed by atoms with E-state index >= 15 is 0 Å². The second-order valence-electron chi connectivity index (χ2n) is 5.53. The highest BCUT2D eigenvalue weighted by Gasteiger charge is 2.50. The van der Waals surface area contributed by atoms with E-state index in [0.29, 0.717) is 5.56 Å². The lowest BCUT2D eigenvalue weighted by molar-refractivity contribution is -0.131. The van der Waals surface area contributed by atoms with Crippen LogP contribution in [0.5, 0.6) is 0 Å². The number of halogens is 1. The molecular formula is C16H18FNO3. The molecule has 0 saturated carbocycles. The average molecular weight is 291 g/mol. The number of carbonyl (C=O) groups is 3. The topological polar surface area (TPSA) is 63.2 Å². The van der Waals surface area contributed by atoms with Crippen molar-refractivity contribution in [2.75, 3.05) is 0 Å². The summed E-state index contributed by atoms with van der Waals surface area (Å²) >= 11 is 0. The Bertz CT molecular complexity index is 599. The van der Waals surface area contributed by atoms with Crippen LogP contribution in [0.25, 0.3) is 0 Å². The first-order valence-corrected chi connectivity index (χ1v) is 6.86. The maximum absolute atomic E-state index is 14.0. The number of rotatable bonds is 4. The van der Waals surface area contributed by atoms with Gasteiger partial charge < -0.3 is 0 Å². The van der Waals surface area contributed by atoms with Crippen LogP contribution < -0.4 is 5.32 Å². The van der Waals surface area contributed by atoms with Crippen molar-refractivity contribution < 1.29 is 18.8 Å². The molecule has 1 fully saturated rings. The van der Waals surface area contributed by atoms with E-state index in [0.717, 1.165) is 0 Å². The van der Waals surface area contributed by atoms with Crippen LogP contribution in [-0.4, -0.2) is 23.4 Å². The summed E-state index contributed by atoms with van der Waals surface area (Å²) in [5, 5.41) is 2.98. The fourth-order valence-electron chi connectivity index (χ4n) is 3.17. The number of carbonyl (C=O) groups excluding carboxylic acids is 3. The first kappa shape index (κ1) is 15.5. The first-order chi connectivity index (χ1) is 9.84. The van der Waals surface area contributed by atoms with Crippen LogP contribution in [0.3, 0.4) is 0 Å². The maximum atomic E-state index is 14.0. The molecule has 5 heteroatoms. The summed E-state index contributed by atoms with van der Waals surface area (Å²) in [6.45, 7) is 4.11. The summed E-state index contributed by atoms with van der Waals surface area (Å²) in [7, 11) is 0. The third-order valence-electron chi connectivity index (χ3n) is 4.08. The predicted molar refractivity (Wildman–Crippen MR) is 75.1 cm³/mol. The summed E-state index contributed by atoms with van der Waals surface area (Å²) in [4.78, 5) is 35.7. The molecule has 21 heavy (non-hydrogen) atoms. The minimum atomic E-state index is -0.749. The minimum Gasteiger partial charge on any atom is -0.300 e. The van der Waals surface area contributed by atoms with Gasteiger partial charge in [-0.25, -0.2) is 4.39 Å². The molecule has 2 rings (SSSR count). The van der Waals surface area contributed by atoms with E-state index in [-0.39, 0.29) is 17.3 Å². The lowest BCUT2D eigenvalue weighted by atomic mass is 9.79. The molecule has 0 radical (unpaired) electrons. The molecule has 4 unspecified atom stereocenters. The maximum Gasteiger partial charge on any atom is 0.147 e. The summed E-state index contributed by atoms with van der Waals surface area (Å²) < 4.78 is 14.0. The van der Waals surface area contributed by atoms with Gasteiger partial charge in [0.1, 0.15) is 23.2 Å². The Balaban J connectivity index is 2.51. The number of nitrogens with one attached hydrogen (secondary N) is 1. The molecule has 0 aromatic heterocycles. The molecule has 1 N–H and O–H groups in total. The molecule has 0 spiro atoms. The van der Waals surface area contributed by atoms with Gasteiger partial charge in [-0.3, -0.25) is 19.7 Å². The number of benzene rings is 1. The second kappa shape index (κ2) is 5.85. The smallest absolute Gasteiger partial charge is 0.147 e. The molecule has 1 aliphatic rings. The summed E-state index contributed by atoms with van der Waals surface area (Å²) in [6, 6.07) is 4.69. The van der Waals surface area contributed by atoms with Crippen molar-refractivity contribution in [2.45, 2.75) is 32.9 Å². The van der Waals surface area contributed by atoms with Crippen LogP contribution in [0.1, 0.15) is 32.4 Å². The summed E-state index contributed by atoms with van der Waals surface area (Å²) in [5.74, 6) is -2.60. The summed E-state index contributed by atoms with van der Waals surface area (Å²) in [5.41, 5.74) is 0.313. The second-order valence-corrected chi connectivity index (χ2v) is 5.53. The quantitative estimate of drug-likeness (QED) is 0.919. The van der Waals surface area contributed by atoms with E-state index in [1.165, 1.54) is 26.8 Å². The van der Waals surface area contributed by atoms with Crippen LogP contribution >= 0.6 is 0 Å². The monoisotopic (exact) mass is 291 g/mol. The third kappa shape index (κ3) is 2.78. The zero-order valence-electron chi connectivity index (χ0n) is 12.2. The van der Waals surface area contributed by atoms with Gasteiger partial charge in [0.15, 0.2) is 0 Å². The van der Waals surface area contributed by atoms with E-state index in [2.05, 4.69) is 5.32 Å². The number of hydrogen-bond donors (Lipinski definition) is 1. The number of Topliss-reactive ketones (excluding diaryl/α,β-unsaturated/α-hetero) is 3. The molecule has 4 nitrogen and oxygen atoms in total. The fourth-order valence-corrected chi connectivity index (χ4v) is 3.17. The van der Waals surface area contributed by atoms with Crippen molar-refractivity contribution in [1.29, 1.82) is 0 Å². The van der Waals surface area contributed by atoms with Gasteiger partial charge in [-0.2, -0.15) is 0 Å². The summed E-state index contributed by atoms with van der Waals surface area (Å²) in [6.07, 6.45) is 0. The van der Waals surface area contributed by atoms with Gasteiger partial charge >= 0.3 is 0 Å². The van der Waals surface area contributed by atoms with Gasteiger partial charge in [0, 0.05) is 17.5 Å². The molecule has 112 valence electrons. The molecule has 1 saturated heterocycles.